The highest BCUT2D eigenvalue weighted by Gasteiger charge is 2.41. The number of carbonyl (C=O) groups excluding carboxylic acids is 1. The maximum absolute atomic E-state index is 12.5. The van der Waals surface area contributed by atoms with E-state index in [9.17, 15) is 13.2 Å². The largest absolute Gasteiger partial charge is 0.340 e. The van der Waals surface area contributed by atoms with Gasteiger partial charge in [-0.3, -0.25) is 4.79 Å². The minimum absolute atomic E-state index is 0. The average Bonchev–Trinajstić information content (AvgIpc) is 2.42. The molecule has 2 rings (SSSR count). The van der Waals surface area contributed by atoms with Crippen molar-refractivity contribution in [2.75, 3.05) is 31.9 Å². The third-order valence-electron chi connectivity index (χ3n) is 5.03. The highest BCUT2D eigenvalue weighted by atomic mass is 35.5. The van der Waals surface area contributed by atoms with Gasteiger partial charge in [-0.25, -0.2) is 8.42 Å². The van der Waals surface area contributed by atoms with Crippen LogP contribution in [0.4, 0.5) is 0 Å². The monoisotopic (exact) mass is 352 g/mol. The van der Waals surface area contributed by atoms with Crippen molar-refractivity contribution >= 4 is 28.2 Å². The van der Waals surface area contributed by atoms with Crippen molar-refractivity contribution in [3.05, 3.63) is 0 Å². The molecule has 2 aliphatic rings. The van der Waals surface area contributed by atoms with Crippen molar-refractivity contribution in [1.82, 2.24) is 10.2 Å². The molecule has 7 heteroatoms. The van der Waals surface area contributed by atoms with Gasteiger partial charge < -0.3 is 10.2 Å². The lowest BCUT2D eigenvalue weighted by Gasteiger charge is -2.38. The van der Waals surface area contributed by atoms with E-state index in [-0.39, 0.29) is 24.1 Å². The van der Waals surface area contributed by atoms with Gasteiger partial charge in [-0.1, -0.05) is 6.92 Å². The molecule has 2 saturated heterocycles. The van der Waals surface area contributed by atoms with Gasteiger partial charge in [0, 0.05) is 19.5 Å². The van der Waals surface area contributed by atoms with Crippen molar-refractivity contribution in [1.29, 1.82) is 0 Å². The van der Waals surface area contributed by atoms with Gasteiger partial charge in [0.2, 0.25) is 5.91 Å². The molecule has 0 bridgehead atoms. The molecule has 2 unspecified atom stereocenters. The number of nitrogens with one attached hydrogen (secondary N) is 1. The Morgan fingerprint density at radius 3 is 2.64 bits per heavy atom. The maximum Gasteiger partial charge on any atom is 0.222 e. The Morgan fingerprint density at radius 1 is 1.41 bits per heavy atom. The summed E-state index contributed by atoms with van der Waals surface area (Å²) in [6.07, 6.45) is 2.89. The lowest BCUT2D eigenvalue weighted by molar-refractivity contribution is -0.132. The summed E-state index contributed by atoms with van der Waals surface area (Å²) in [7, 11) is -3.08. The number of amides is 1. The number of piperidine rings is 1. The van der Waals surface area contributed by atoms with Crippen LogP contribution in [0, 0.1) is 11.8 Å². The van der Waals surface area contributed by atoms with Crippen LogP contribution in [0.15, 0.2) is 0 Å². The molecular formula is C15H29ClN2O3S. The van der Waals surface area contributed by atoms with E-state index in [1.165, 1.54) is 12.8 Å². The van der Waals surface area contributed by atoms with Gasteiger partial charge in [0.15, 0.2) is 9.84 Å². The van der Waals surface area contributed by atoms with E-state index >= 15 is 0 Å². The Balaban J connectivity index is 0.00000242. The summed E-state index contributed by atoms with van der Waals surface area (Å²) in [5.41, 5.74) is 0. The van der Waals surface area contributed by atoms with E-state index < -0.39 is 14.6 Å². The summed E-state index contributed by atoms with van der Waals surface area (Å²) < 4.78 is 23.2. The van der Waals surface area contributed by atoms with Crippen LogP contribution < -0.4 is 5.32 Å². The van der Waals surface area contributed by atoms with Gasteiger partial charge in [-0.2, -0.15) is 0 Å². The molecule has 2 atom stereocenters. The zero-order chi connectivity index (χ0) is 15.7. The minimum Gasteiger partial charge on any atom is -0.340 e. The molecule has 0 aromatic rings. The Kier molecular flexibility index (Phi) is 6.72. The van der Waals surface area contributed by atoms with Crippen LogP contribution in [-0.2, 0) is 14.6 Å². The predicted molar refractivity (Wildman–Crippen MR) is 91.1 cm³/mol. The molecule has 1 amide bonds. The van der Waals surface area contributed by atoms with Crippen molar-refractivity contribution in [3.63, 3.8) is 0 Å². The molecule has 22 heavy (non-hydrogen) atoms. The van der Waals surface area contributed by atoms with E-state index in [4.69, 9.17) is 0 Å². The first-order valence-electron chi connectivity index (χ1n) is 7.94. The summed E-state index contributed by atoms with van der Waals surface area (Å²) >= 11 is 0. The first kappa shape index (κ1) is 19.7. The van der Waals surface area contributed by atoms with Gasteiger partial charge >= 0.3 is 0 Å². The number of nitrogens with zero attached hydrogens (tertiary/aromatic N) is 1. The summed E-state index contributed by atoms with van der Waals surface area (Å²) in [5, 5.41) is 3.39. The standard InChI is InChI=1S/C15H28N2O3S.ClH/c1-12(13-5-4-6-16-10-13)9-14(18)17-7-8-21(19,20)15(2,3)11-17;/h12-13,16H,4-11H2,1-3H3;1H. The van der Waals surface area contributed by atoms with Crippen molar-refractivity contribution in [2.45, 2.75) is 44.8 Å². The minimum atomic E-state index is -3.08. The Morgan fingerprint density at radius 2 is 2.09 bits per heavy atom. The predicted octanol–water partition coefficient (Wildman–Crippen LogP) is 1.47. The Labute approximate surface area is 140 Å². The number of hydrogen-bond donors (Lipinski definition) is 1. The number of halogens is 1. The fraction of sp³-hybridized carbons (Fsp3) is 0.933. The zero-order valence-electron chi connectivity index (χ0n) is 13.8. The quantitative estimate of drug-likeness (QED) is 0.835. The highest BCUT2D eigenvalue weighted by molar-refractivity contribution is 7.92. The van der Waals surface area contributed by atoms with Gasteiger partial charge in [-0.15, -0.1) is 12.4 Å². The zero-order valence-corrected chi connectivity index (χ0v) is 15.4. The van der Waals surface area contributed by atoms with Crippen LogP contribution in [0.1, 0.15) is 40.0 Å². The molecule has 2 heterocycles. The molecular weight excluding hydrogens is 324 g/mol. The lowest BCUT2D eigenvalue weighted by atomic mass is 9.85. The van der Waals surface area contributed by atoms with E-state index in [2.05, 4.69) is 12.2 Å². The van der Waals surface area contributed by atoms with Crippen LogP contribution in [0.5, 0.6) is 0 Å². The average molecular weight is 353 g/mol. The smallest absolute Gasteiger partial charge is 0.222 e. The van der Waals surface area contributed by atoms with Gasteiger partial charge in [-0.05, 0) is 51.6 Å². The normalized spacial score (nSPS) is 28.5. The van der Waals surface area contributed by atoms with Crippen LogP contribution in [0.25, 0.3) is 0 Å². The molecule has 5 nitrogen and oxygen atoms in total. The summed E-state index contributed by atoms with van der Waals surface area (Å²) in [4.78, 5) is 14.2. The number of rotatable bonds is 3. The fourth-order valence-corrected chi connectivity index (χ4v) is 4.66. The van der Waals surface area contributed by atoms with Crippen LogP contribution >= 0.6 is 12.4 Å². The van der Waals surface area contributed by atoms with E-state index in [1.807, 2.05) is 0 Å². The van der Waals surface area contributed by atoms with Crippen LogP contribution in [0.3, 0.4) is 0 Å². The number of hydrogen-bond acceptors (Lipinski definition) is 4. The molecule has 0 aromatic heterocycles. The number of sulfone groups is 1. The van der Waals surface area contributed by atoms with Crippen molar-refractivity contribution in [2.24, 2.45) is 11.8 Å². The van der Waals surface area contributed by atoms with E-state index in [1.54, 1.807) is 18.7 Å². The van der Waals surface area contributed by atoms with Gasteiger partial charge in [0.25, 0.3) is 0 Å². The molecule has 0 saturated carbocycles. The second-order valence-electron chi connectivity index (χ2n) is 7.18. The molecule has 0 aromatic carbocycles. The molecule has 0 radical (unpaired) electrons. The summed E-state index contributed by atoms with van der Waals surface area (Å²) in [6.45, 7) is 8.32. The van der Waals surface area contributed by atoms with Crippen molar-refractivity contribution in [3.8, 4) is 0 Å². The number of carbonyl (C=O) groups is 1. The molecule has 0 spiro atoms. The second-order valence-corrected chi connectivity index (χ2v) is 9.92. The molecule has 2 fully saturated rings. The van der Waals surface area contributed by atoms with Crippen LogP contribution in [0.2, 0.25) is 0 Å². The highest BCUT2D eigenvalue weighted by Crippen LogP contribution is 2.27. The Bertz CT molecular complexity index is 487. The summed E-state index contributed by atoms with van der Waals surface area (Å²) in [5.74, 6) is 1.11. The SMILES string of the molecule is CC(CC(=O)N1CCS(=O)(=O)C(C)(C)C1)C1CCCNC1.Cl. The molecule has 2 aliphatic heterocycles. The van der Waals surface area contributed by atoms with E-state index in [0.29, 0.717) is 31.3 Å². The topological polar surface area (TPSA) is 66.5 Å². The molecule has 1 N–H and O–H groups in total. The third kappa shape index (κ3) is 4.36. The van der Waals surface area contributed by atoms with Gasteiger partial charge in [0.1, 0.15) is 0 Å². The van der Waals surface area contributed by atoms with Gasteiger partial charge in [0.05, 0.1) is 10.5 Å². The second kappa shape index (κ2) is 7.49. The lowest BCUT2D eigenvalue weighted by Crippen LogP contribution is -2.54. The van der Waals surface area contributed by atoms with E-state index in [0.717, 1.165) is 13.1 Å². The molecule has 0 aliphatic carbocycles. The summed E-state index contributed by atoms with van der Waals surface area (Å²) in [6, 6.07) is 0. The first-order valence-corrected chi connectivity index (χ1v) is 9.59. The maximum atomic E-state index is 12.5. The molecule has 130 valence electrons. The van der Waals surface area contributed by atoms with Crippen molar-refractivity contribution < 1.29 is 13.2 Å². The fourth-order valence-electron chi connectivity index (χ4n) is 3.29. The first-order chi connectivity index (χ1) is 9.73. The third-order valence-corrected chi connectivity index (χ3v) is 7.57. The van der Waals surface area contributed by atoms with Crippen LogP contribution in [-0.4, -0.2) is 55.9 Å². The Hall–Kier alpha value is -0.330.